The second-order valence-electron chi connectivity index (χ2n) is 10.0. The highest BCUT2D eigenvalue weighted by Crippen LogP contribution is 2.45. The molecule has 2 N–H and O–H groups in total. The van der Waals surface area contributed by atoms with Crippen molar-refractivity contribution in [1.82, 2.24) is 9.78 Å². The smallest absolute Gasteiger partial charge is 0.255 e. The second kappa shape index (κ2) is 11.3. The Labute approximate surface area is 229 Å². The van der Waals surface area contributed by atoms with Gasteiger partial charge in [-0.05, 0) is 61.8 Å². The fraction of sp³-hybridized carbons (Fsp3) is 0.407. The highest BCUT2D eigenvalue weighted by Gasteiger charge is 2.48. The molecule has 4 rings (SSSR count). The molecule has 4 atom stereocenters. The summed E-state index contributed by atoms with van der Waals surface area (Å²) in [7, 11) is -4.06. The van der Waals surface area contributed by atoms with Crippen molar-refractivity contribution in [3.63, 3.8) is 0 Å². The van der Waals surface area contributed by atoms with Gasteiger partial charge in [-0.15, -0.1) is 0 Å². The van der Waals surface area contributed by atoms with Crippen LogP contribution >= 0.6 is 11.6 Å². The number of aromatic nitrogens is 2. The number of hydrogen-bond acceptors (Lipinski definition) is 5. The van der Waals surface area contributed by atoms with Crippen molar-refractivity contribution in [3.8, 4) is 0 Å². The number of aliphatic hydroxyl groups is 1. The Kier molecular flexibility index (Phi) is 8.44. The number of amides is 1. The van der Waals surface area contributed by atoms with Crippen LogP contribution in [0.3, 0.4) is 0 Å². The van der Waals surface area contributed by atoms with Crippen LogP contribution in [0.1, 0.15) is 49.9 Å². The molecule has 3 aromatic rings. The topological polar surface area (TPSA) is 101 Å². The van der Waals surface area contributed by atoms with Gasteiger partial charge in [0.05, 0.1) is 27.3 Å². The van der Waals surface area contributed by atoms with Crippen LogP contribution < -0.4 is 5.32 Å². The van der Waals surface area contributed by atoms with Crippen molar-refractivity contribution < 1.29 is 31.5 Å². The summed E-state index contributed by atoms with van der Waals surface area (Å²) in [4.78, 5) is 12.5. The number of rotatable bonds is 9. The highest BCUT2D eigenvalue weighted by molar-refractivity contribution is 7.92. The Morgan fingerprint density at radius 3 is 2.54 bits per heavy atom. The molecule has 0 saturated heterocycles. The minimum Gasteiger partial charge on any atom is -0.387 e. The first kappa shape index (κ1) is 29.1. The molecule has 0 bridgehead atoms. The zero-order chi connectivity index (χ0) is 28.5. The van der Waals surface area contributed by atoms with Gasteiger partial charge in [-0.3, -0.25) is 9.48 Å². The quantitative estimate of drug-likeness (QED) is 0.318. The maximum atomic E-state index is 13.8. The SMILES string of the molecule is CC[C@H](CC1CC[C@@H](C)[C@@]1(O)Cn1cccn1)S(=O)(=O)c1cc(C(=O)Nc2cc(F)c(F)c(F)c2)ccc1Cl. The van der Waals surface area contributed by atoms with Crippen molar-refractivity contribution in [1.29, 1.82) is 0 Å². The molecular weight excluding hydrogens is 555 g/mol. The minimum absolute atomic E-state index is 0.0661. The molecule has 1 aliphatic rings. The number of hydrogen-bond donors (Lipinski definition) is 2. The first-order chi connectivity index (χ1) is 18.4. The second-order valence-corrected chi connectivity index (χ2v) is 12.6. The summed E-state index contributed by atoms with van der Waals surface area (Å²) in [5, 5.41) is 17.1. The summed E-state index contributed by atoms with van der Waals surface area (Å²) in [6.45, 7) is 3.91. The minimum atomic E-state index is -4.06. The molecule has 7 nitrogen and oxygen atoms in total. The lowest BCUT2D eigenvalue weighted by atomic mass is 9.82. The number of carbonyl (C=O) groups is 1. The van der Waals surface area contributed by atoms with Crippen LogP contribution in [0, 0.1) is 29.3 Å². The number of benzene rings is 2. The zero-order valence-electron chi connectivity index (χ0n) is 21.4. The van der Waals surface area contributed by atoms with Crippen LogP contribution in [-0.4, -0.2) is 40.1 Å². The van der Waals surface area contributed by atoms with E-state index in [1.165, 1.54) is 12.1 Å². The van der Waals surface area contributed by atoms with E-state index in [0.717, 1.165) is 12.5 Å². The van der Waals surface area contributed by atoms with Crippen molar-refractivity contribution in [2.75, 3.05) is 5.32 Å². The summed E-state index contributed by atoms with van der Waals surface area (Å²) in [6, 6.07) is 6.63. The van der Waals surface area contributed by atoms with Gasteiger partial charge in [-0.2, -0.15) is 5.10 Å². The monoisotopic (exact) mass is 583 g/mol. The van der Waals surface area contributed by atoms with Crippen LogP contribution in [0.2, 0.25) is 5.02 Å². The molecule has 210 valence electrons. The molecule has 2 aromatic carbocycles. The van der Waals surface area contributed by atoms with Crippen molar-refractivity contribution in [3.05, 3.63) is 76.8 Å². The lowest BCUT2D eigenvalue weighted by Crippen LogP contribution is -2.44. The average Bonchev–Trinajstić information content (AvgIpc) is 3.48. The van der Waals surface area contributed by atoms with E-state index in [0.29, 0.717) is 18.6 Å². The fourth-order valence-corrected chi connectivity index (χ4v) is 7.67. The molecule has 1 amide bonds. The summed E-state index contributed by atoms with van der Waals surface area (Å²) in [6.07, 6.45) is 5.17. The number of nitrogens with zero attached hydrogens (tertiary/aromatic N) is 2. The Balaban J connectivity index is 1.58. The molecule has 1 saturated carbocycles. The first-order valence-corrected chi connectivity index (χ1v) is 14.5. The molecule has 39 heavy (non-hydrogen) atoms. The Morgan fingerprint density at radius 2 is 1.92 bits per heavy atom. The van der Waals surface area contributed by atoms with Crippen LogP contribution in [0.25, 0.3) is 0 Å². The normalized spacial score (nSPS) is 22.1. The first-order valence-electron chi connectivity index (χ1n) is 12.6. The van der Waals surface area contributed by atoms with Gasteiger partial charge >= 0.3 is 0 Å². The van der Waals surface area contributed by atoms with E-state index in [1.54, 1.807) is 30.1 Å². The van der Waals surface area contributed by atoms with Crippen LogP contribution in [0.5, 0.6) is 0 Å². The number of sulfone groups is 1. The van der Waals surface area contributed by atoms with Crippen molar-refractivity contribution in [2.45, 2.75) is 61.8 Å². The van der Waals surface area contributed by atoms with Gasteiger partial charge in [-0.25, -0.2) is 21.6 Å². The van der Waals surface area contributed by atoms with E-state index in [-0.39, 0.29) is 52.4 Å². The van der Waals surface area contributed by atoms with E-state index >= 15 is 0 Å². The average molecular weight is 584 g/mol. The number of carbonyl (C=O) groups excluding carboxylic acids is 1. The molecule has 0 radical (unpaired) electrons. The standard InChI is InChI=1S/C27H29ClF3N3O4S/c1-3-20(12-18-7-5-16(2)27(18,36)15-34-10-4-9-32-34)39(37,38)24-11-17(6-8-21(24)28)26(35)33-19-13-22(29)25(31)23(30)14-19/h4,6,8-11,13-14,16,18,20,36H,3,5,7,12,15H2,1-2H3,(H,33,35)/t16-,18?,20-,27+/m1/s1. The van der Waals surface area contributed by atoms with E-state index < -0.39 is 44.0 Å². The maximum absolute atomic E-state index is 13.8. The van der Waals surface area contributed by atoms with Crippen molar-refractivity contribution in [2.24, 2.45) is 11.8 Å². The molecule has 1 unspecified atom stereocenters. The van der Waals surface area contributed by atoms with Gasteiger partial charge < -0.3 is 10.4 Å². The third-order valence-corrected chi connectivity index (χ3v) is 10.5. The fourth-order valence-electron chi connectivity index (χ4n) is 5.32. The summed E-state index contributed by atoms with van der Waals surface area (Å²) >= 11 is 6.28. The van der Waals surface area contributed by atoms with Crippen LogP contribution in [0.15, 0.2) is 53.7 Å². The van der Waals surface area contributed by atoms with Gasteiger partial charge in [0.15, 0.2) is 27.3 Å². The van der Waals surface area contributed by atoms with E-state index in [9.17, 15) is 31.5 Å². The molecule has 0 spiro atoms. The third kappa shape index (κ3) is 5.85. The highest BCUT2D eigenvalue weighted by atomic mass is 35.5. The van der Waals surface area contributed by atoms with E-state index in [1.807, 2.05) is 6.92 Å². The maximum Gasteiger partial charge on any atom is 0.255 e. The predicted molar refractivity (Wildman–Crippen MR) is 141 cm³/mol. The van der Waals surface area contributed by atoms with Crippen LogP contribution in [-0.2, 0) is 16.4 Å². The Morgan fingerprint density at radius 1 is 1.23 bits per heavy atom. The molecular formula is C27H29ClF3N3O4S. The van der Waals surface area contributed by atoms with Crippen LogP contribution in [0.4, 0.5) is 18.9 Å². The van der Waals surface area contributed by atoms with Crippen molar-refractivity contribution >= 4 is 33.0 Å². The molecule has 1 heterocycles. The predicted octanol–water partition coefficient (Wildman–Crippen LogP) is 5.63. The number of halogens is 4. The summed E-state index contributed by atoms with van der Waals surface area (Å²) in [5.41, 5.74) is -1.61. The van der Waals surface area contributed by atoms with E-state index in [2.05, 4.69) is 10.4 Å². The zero-order valence-corrected chi connectivity index (χ0v) is 22.9. The molecule has 0 aliphatic heterocycles. The Bertz CT molecular complexity index is 1450. The molecule has 1 fully saturated rings. The van der Waals surface area contributed by atoms with Gasteiger partial charge in [0.1, 0.15) is 0 Å². The molecule has 1 aromatic heterocycles. The van der Waals surface area contributed by atoms with Gasteiger partial charge in [0.2, 0.25) is 0 Å². The van der Waals surface area contributed by atoms with Gasteiger partial charge in [0.25, 0.3) is 5.91 Å². The van der Waals surface area contributed by atoms with E-state index in [4.69, 9.17) is 11.6 Å². The largest absolute Gasteiger partial charge is 0.387 e. The number of nitrogens with one attached hydrogen (secondary N) is 1. The number of anilines is 1. The summed E-state index contributed by atoms with van der Waals surface area (Å²) in [5.74, 6) is -5.88. The lowest BCUT2D eigenvalue weighted by molar-refractivity contribution is -0.0508. The molecule has 1 aliphatic carbocycles. The van der Waals surface area contributed by atoms with Gasteiger partial charge in [-0.1, -0.05) is 25.4 Å². The molecule has 12 heteroatoms. The summed E-state index contributed by atoms with van der Waals surface area (Å²) < 4.78 is 69.6. The third-order valence-electron chi connectivity index (χ3n) is 7.67. The Hall–Kier alpha value is -2.89. The lowest BCUT2D eigenvalue weighted by Gasteiger charge is -2.35. The van der Waals surface area contributed by atoms with Gasteiger partial charge in [0, 0.05) is 35.8 Å².